The number of hydrogen-bond donors (Lipinski definition) is 1. The maximum atomic E-state index is 4.76. The van der Waals surface area contributed by atoms with Crippen molar-refractivity contribution in [2.75, 3.05) is 13.1 Å². The van der Waals surface area contributed by atoms with E-state index in [1.807, 2.05) is 10.7 Å². The van der Waals surface area contributed by atoms with Gasteiger partial charge in [0.1, 0.15) is 6.33 Å². The van der Waals surface area contributed by atoms with Crippen molar-refractivity contribution in [3.8, 4) is 22.5 Å². The van der Waals surface area contributed by atoms with Crippen LogP contribution in [0.1, 0.15) is 69.1 Å². The summed E-state index contributed by atoms with van der Waals surface area (Å²) in [6, 6.07) is 12.0. The van der Waals surface area contributed by atoms with Gasteiger partial charge in [0, 0.05) is 23.4 Å². The average molecular weight is 443 g/mol. The number of aromatic nitrogens is 5. The smallest absolute Gasteiger partial charge is 0.158 e. The number of nitrogens with one attached hydrogen (secondary N) is 1. The first kappa shape index (κ1) is 21.8. The third kappa shape index (κ3) is 4.08. The predicted molar refractivity (Wildman–Crippen MR) is 134 cm³/mol. The molecule has 1 fully saturated rings. The number of pyridine rings is 1. The first-order valence-corrected chi connectivity index (χ1v) is 12.2. The number of benzene rings is 1. The topological polar surface area (TPSA) is 62.1 Å². The van der Waals surface area contributed by atoms with Crippen molar-refractivity contribution in [2.45, 2.75) is 65.3 Å². The second kappa shape index (κ2) is 8.75. The van der Waals surface area contributed by atoms with Crippen molar-refractivity contribution in [3.63, 3.8) is 0 Å². The molecule has 1 aliphatic rings. The van der Waals surface area contributed by atoms with Crippen LogP contribution in [0.5, 0.6) is 0 Å². The summed E-state index contributed by atoms with van der Waals surface area (Å²) in [7, 11) is 0. The molecule has 1 aromatic carbocycles. The Balaban J connectivity index is 1.44. The van der Waals surface area contributed by atoms with Gasteiger partial charge in [0.2, 0.25) is 0 Å². The SMILES string of the molecule is Cc1cc(-c2n[nH]c(-c3ccc(C4CCN(C(C)C)CC4)cc3)c2C(C)C)cn2ncnc12. The Labute approximate surface area is 196 Å². The first-order chi connectivity index (χ1) is 15.9. The summed E-state index contributed by atoms with van der Waals surface area (Å²) in [5.41, 5.74) is 9.03. The Morgan fingerprint density at radius 3 is 2.39 bits per heavy atom. The zero-order valence-electron chi connectivity index (χ0n) is 20.3. The third-order valence-electron chi connectivity index (χ3n) is 7.14. The molecule has 6 heteroatoms. The van der Waals surface area contributed by atoms with E-state index in [1.54, 1.807) is 6.33 Å². The predicted octanol–water partition coefficient (Wildman–Crippen LogP) is 5.81. The molecule has 0 amide bonds. The molecule has 0 aliphatic carbocycles. The summed E-state index contributed by atoms with van der Waals surface area (Å²) in [5.74, 6) is 0.994. The van der Waals surface area contributed by atoms with E-state index in [1.165, 1.54) is 42.6 Å². The molecule has 0 saturated carbocycles. The van der Waals surface area contributed by atoms with Crippen molar-refractivity contribution in [1.29, 1.82) is 0 Å². The molecule has 0 atom stereocenters. The number of aromatic amines is 1. The summed E-state index contributed by atoms with van der Waals surface area (Å²) in [6.45, 7) is 13.5. The fourth-order valence-electron chi connectivity index (χ4n) is 5.25. The molecular weight excluding hydrogens is 408 g/mol. The highest BCUT2D eigenvalue weighted by molar-refractivity contribution is 5.76. The number of nitrogens with zero attached hydrogens (tertiary/aromatic N) is 5. The number of likely N-dealkylation sites (tertiary alicyclic amines) is 1. The van der Waals surface area contributed by atoms with Gasteiger partial charge < -0.3 is 4.90 Å². The number of H-pyrrole nitrogens is 1. The molecule has 3 aromatic heterocycles. The van der Waals surface area contributed by atoms with Gasteiger partial charge in [0.25, 0.3) is 0 Å². The molecular formula is C27H34N6. The lowest BCUT2D eigenvalue weighted by Gasteiger charge is -2.34. The highest BCUT2D eigenvalue weighted by Crippen LogP contribution is 2.37. The van der Waals surface area contributed by atoms with Crippen molar-refractivity contribution in [2.24, 2.45) is 0 Å². The number of rotatable bonds is 5. The quantitative estimate of drug-likeness (QED) is 0.424. The third-order valence-corrected chi connectivity index (χ3v) is 7.14. The van der Waals surface area contributed by atoms with Crippen LogP contribution >= 0.6 is 0 Å². The van der Waals surface area contributed by atoms with E-state index < -0.39 is 0 Å². The fraction of sp³-hybridized carbons (Fsp3) is 0.444. The Morgan fingerprint density at radius 2 is 1.73 bits per heavy atom. The van der Waals surface area contributed by atoms with E-state index in [0.717, 1.165) is 28.2 Å². The van der Waals surface area contributed by atoms with Crippen LogP contribution in [0.3, 0.4) is 0 Å². The molecule has 0 bridgehead atoms. The Bertz CT molecular complexity index is 1240. The number of aryl methyl sites for hydroxylation is 1. The van der Waals surface area contributed by atoms with Crippen molar-refractivity contribution < 1.29 is 0 Å². The van der Waals surface area contributed by atoms with Gasteiger partial charge in [-0.05, 0) is 81.3 Å². The minimum Gasteiger partial charge on any atom is -0.301 e. The number of hydrogen-bond acceptors (Lipinski definition) is 4. The van der Waals surface area contributed by atoms with Gasteiger partial charge in [-0.1, -0.05) is 38.1 Å². The summed E-state index contributed by atoms with van der Waals surface area (Å²) in [6.07, 6.45) is 6.10. The van der Waals surface area contributed by atoms with E-state index in [-0.39, 0.29) is 0 Å². The maximum Gasteiger partial charge on any atom is 0.158 e. The van der Waals surface area contributed by atoms with Crippen LogP contribution in [-0.4, -0.2) is 48.8 Å². The molecule has 5 rings (SSSR count). The molecule has 0 unspecified atom stereocenters. The lowest BCUT2D eigenvalue weighted by molar-refractivity contribution is 0.172. The normalized spacial score (nSPS) is 15.8. The summed E-state index contributed by atoms with van der Waals surface area (Å²) in [4.78, 5) is 6.93. The molecule has 4 aromatic rings. The summed E-state index contributed by atoms with van der Waals surface area (Å²) < 4.78 is 1.84. The molecule has 1 saturated heterocycles. The zero-order chi connectivity index (χ0) is 23.1. The molecule has 0 spiro atoms. The van der Waals surface area contributed by atoms with Crippen molar-refractivity contribution in [1.82, 2.24) is 29.7 Å². The van der Waals surface area contributed by atoms with Crippen LogP contribution in [0, 0.1) is 6.92 Å². The zero-order valence-corrected chi connectivity index (χ0v) is 20.3. The Morgan fingerprint density at radius 1 is 1.00 bits per heavy atom. The van der Waals surface area contributed by atoms with Gasteiger partial charge in [-0.2, -0.15) is 10.2 Å². The molecule has 0 radical (unpaired) electrons. The van der Waals surface area contributed by atoms with Gasteiger partial charge in [-0.3, -0.25) is 5.10 Å². The largest absolute Gasteiger partial charge is 0.301 e. The highest BCUT2D eigenvalue weighted by atomic mass is 15.3. The van der Waals surface area contributed by atoms with Gasteiger partial charge >= 0.3 is 0 Å². The van der Waals surface area contributed by atoms with E-state index in [9.17, 15) is 0 Å². The molecule has 1 aliphatic heterocycles. The number of piperidine rings is 1. The molecule has 4 heterocycles. The van der Waals surface area contributed by atoms with Gasteiger partial charge in [0.05, 0.1) is 11.4 Å². The van der Waals surface area contributed by atoms with Crippen molar-refractivity contribution in [3.05, 3.63) is 59.5 Å². The first-order valence-electron chi connectivity index (χ1n) is 12.2. The average Bonchev–Trinajstić information content (AvgIpc) is 3.47. The fourth-order valence-corrected chi connectivity index (χ4v) is 5.25. The lowest BCUT2D eigenvalue weighted by atomic mass is 9.87. The van der Waals surface area contributed by atoms with Crippen LogP contribution in [0.4, 0.5) is 0 Å². The van der Waals surface area contributed by atoms with E-state index in [4.69, 9.17) is 5.10 Å². The molecule has 6 nitrogen and oxygen atoms in total. The van der Waals surface area contributed by atoms with Gasteiger partial charge in [0.15, 0.2) is 5.65 Å². The van der Waals surface area contributed by atoms with Crippen LogP contribution in [0.25, 0.3) is 28.2 Å². The van der Waals surface area contributed by atoms with Crippen molar-refractivity contribution >= 4 is 5.65 Å². The highest BCUT2D eigenvalue weighted by Gasteiger charge is 2.23. The van der Waals surface area contributed by atoms with E-state index >= 15 is 0 Å². The number of fused-ring (bicyclic) bond motifs is 1. The Hall–Kier alpha value is -2.99. The summed E-state index contributed by atoms with van der Waals surface area (Å²) in [5, 5.41) is 12.4. The van der Waals surface area contributed by atoms with Gasteiger partial charge in [-0.15, -0.1) is 0 Å². The molecule has 172 valence electrons. The molecule has 33 heavy (non-hydrogen) atoms. The van der Waals surface area contributed by atoms with Crippen LogP contribution in [-0.2, 0) is 0 Å². The van der Waals surface area contributed by atoms with Crippen LogP contribution in [0.15, 0.2) is 42.9 Å². The maximum absolute atomic E-state index is 4.76. The lowest BCUT2D eigenvalue weighted by Crippen LogP contribution is -2.37. The monoisotopic (exact) mass is 442 g/mol. The second-order valence-electron chi connectivity index (χ2n) is 9.98. The van der Waals surface area contributed by atoms with Gasteiger partial charge in [-0.25, -0.2) is 9.50 Å². The minimum absolute atomic E-state index is 0.334. The van der Waals surface area contributed by atoms with Crippen LogP contribution < -0.4 is 0 Å². The standard InChI is InChI=1S/C27H34N6/c1-17(2)24-25(30-31-26(24)23-14-19(5)27-28-16-29-33(27)15-23)22-8-6-20(7-9-22)21-10-12-32(13-11-21)18(3)4/h6-9,14-18,21H,10-13H2,1-5H3,(H,30,31). The molecule has 1 N–H and O–H groups in total. The van der Waals surface area contributed by atoms with E-state index in [0.29, 0.717) is 17.9 Å². The van der Waals surface area contributed by atoms with E-state index in [2.05, 4.69) is 85.0 Å². The Kier molecular flexibility index (Phi) is 5.79. The van der Waals surface area contributed by atoms with Crippen LogP contribution in [0.2, 0.25) is 0 Å². The summed E-state index contributed by atoms with van der Waals surface area (Å²) >= 11 is 0. The second-order valence-corrected chi connectivity index (χ2v) is 9.98. The minimum atomic E-state index is 0.334.